The van der Waals surface area contributed by atoms with Gasteiger partial charge in [0.15, 0.2) is 0 Å². The molecule has 150 valence electrons. The summed E-state index contributed by atoms with van der Waals surface area (Å²) >= 11 is 0. The number of piperidine rings is 1. The van der Waals surface area contributed by atoms with Gasteiger partial charge in [-0.3, -0.25) is 9.69 Å². The first-order valence-corrected chi connectivity index (χ1v) is 9.36. The zero-order chi connectivity index (χ0) is 19.4. The second-order valence-electron chi connectivity index (χ2n) is 6.97. The van der Waals surface area contributed by atoms with Gasteiger partial charge in [0, 0.05) is 45.8 Å². The van der Waals surface area contributed by atoms with Crippen LogP contribution in [0.1, 0.15) is 35.3 Å². The fraction of sp³-hybridized carbons (Fsp3) is 0.667. The van der Waals surface area contributed by atoms with Gasteiger partial charge in [0.05, 0.1) is 12.2 Å². The number of hydrogen-bond donors (Lipinski definition) is 1. The molecule has 2 fully saturated rings. The fourth-order valence-electron chi connectivity index (χ4n) is 3.61. The number of carbonyl (C=O) groups is 1. The van der Waals surface area contributed by atoms with Crippen LogP contribution in [-0.2, 0) is 6.18 Å². The predicted molar refractivity (Wildman–Crippen MR) is 94.7 cm³/mol. The lowest BCUT2D eigenvalue weighted by Crippen LogP contribution is -2.48. The molecular formula is C18H25F3N4O2. The minimum Gasteiger partial charge on any atom is -0.395 e. The maximum absolute atomic E-state index is 13.2. The molecule has 3 rings (SSSR count). The Hall–Kier alpha value is -1.87. The van der Waals surface area contributed by atoms with Crippen molar-refractivity contribution in [3.05, 3.63) is 23.4 Å². The standard InChI is InChI=1S/C18H25F3N4O2/c19-18(20,21)15-5-4-14(17(27)25-6-2-1-3-7-25)16(22-15)24-10-8-23(9-11-24)12-13-26/h4-5,26H,1-3,6-13H2. The van der Waals surface area contributed by atoms with E-state index in [1.807, 2.05) is 4.90 Å². The molecule has 0 spiro atoms. The largest absolute Gasteiger partial charge is 0.433 e. The lowest BCUT2D eigenvalue weighted by molar-refractivity contribution is -0.141. The van der Waals surface area contributed by atoms with Gasteiger partial charge in [-0.05, 0) is 31.4 Å². The summed E-state index contributed by atoms with van der Waals surface area (Å²) in [5, 5.41) is 9.05. The Balaban J connectivity index is 1.87. The Morgan fingerprint density at radius 2 is 1.70 bits per heavy atom. The first kappa shape index (κ1) is 19.9. The monoisotopic (exact) mass is 386 g/mol. The molecule has 6 nitrogen and oxygen atoms in total. The number of amides is 1. The van der Waals surface area contributed by atoms with Crippen molar-refractivity contribution in [2.24, 2.45) is 0 Å². The van der Waals surface area contributed by atoms with Crippen molar-refractivity contribution in [2.45, 2.75) is 25.4 Å². The van der Waals surface area contributed by atoms with Gasteiger partial charge in [-0.1, -0.05) is 0 Å². The lowest BCUT2D eigenvalue weighted by atomic mass is 10.1. The molecule has 0 unspecified atom stereocenters. The summed E-state index contributed by atoms with van der Waals surface area (Å²) in [5.41, 5.74) is -0.744. The Morgan fingerprint density at radius 3 is 2.30 bits per heavy atom. The van der Waals surface area contributed by atoms with E-state index in [-0.39, 0.29) is 23.9 Å². The van der Waals surface area contributed by atoms with Crippen molar-refractivity contribution in [1.29, 1.82) is 0 Å². The molecule has 0 aliphatic carbocycles. The zero-order valence-corrected chi connectivity index (χ0v) is 15.2. The van der Waals surface area contributed by atoms with E-state index in [2.05, 4.69) is 4.98 Å². The highest BCUT2D eigenvalue weighted by Crippen LogP contribution is 2.31. The van der Waals surface area contributed by atoms with Crippen LogP contribution in [0.2, 0.25) is 0 Å². The molecule has 2 aliphatic rings. The van der Waals surface area contributed by atoms with E-state index in [9.17, 15) is 18.0 Å². The molecule has 2 saturated heterocycles. The number of likely N-dealkylation sites (tertiary alicyclic amines) is 1. The summed E-state index contributed by atoms with van der Waals surface area (Å²) in [6.45, 7) is 3.98. The Bertz CT molecular complexity index is 654. The van der Waals surface area contributed by atoms with E-state index < -0.39 is 11.9 Å². The smallest absolute Gasteiger partial charge is 0.395 e. The molecule has 0 aromatic carbocycles. The number of halogens is 3. The highest BCUT2D eigenvalue weighted by molar-refractivity contribution is 5.99. The highest BCUT2D eigenvalue weighted by atomic mass is 19.4. The number of hydrogen-bond acceptors (Lipinski definition) is 5. The van der Waals surface area contributed by atoms with Crippen molar-refractivity contribution < 1.29 is 23.1 Å². The van der Waals surface area contributed by atoms with Crippen molar-refractivity contribution in [2.75, 3.05) is 57.3 Å². The molecule has 0 bridgehead atoms. The van der Waals surface area contributed by atoms with Crippen LogP contribution in [0.4, 0.5) is 19.0 Å². The molecule has 0 radical (unpaired) electrons. The number of rotatable bonds is 4. The Morgan fingerprint density at radius 1 is 1.04 bits per heavy atom. The van der Waals surface area contributed by atoms with Gasteiger partial charge in [0.25, 0.3) is 5.91 Å². The number of β-amino-alcohol motifs (C(OH)–C–C–N with tert-alkyl or cyclic N) is 1. The zero-order valence-electron chi connectivity index (χ0n) is 15.2. The van der Waals surface area contributed by atoms with Crippen LogP contribution in [0, 0.1) is 0 Å². The third-order valence-corrected chi connectivity index (χ3v) is 5.13. The third-order valence-electron chi connectivity index (χ3n) is 5.13. The fourth-order valence-corrected chi connectivity index (χ4v) is 3.61. The summed E-state index contributed by atoms with van der Waals surface area (Å²) in [4.78, 5) is 22.3. The molecule has 27 heavy (non-hydrogen) atoms. The van der Waals surface area contributed by atoms with Crippen LogP contribution in [0.25, 0.3) is 0 Å². The maximum atomic E-state index is 13.2. The second kappa shape index (κ2) is 8.43. The van der Waals surface area contributed by atoms with Crippen LogP contribution in [-0.4, -0.2) is 78.2 Å². The normalized spacial score (nSPS) is 19.4. The summed E-state index contributed by atoms with van der Waals surface area (Å²) in [5.74, 6) is -0.132. The van der Waals surface area contributed by atoms with Gasteiger partial charge < -0.3 is 14.9 Å². The number of alkyl halides is 3. The number of aliphatic hydroxyl groups excluding tert-OH is 1. The van der Waals surface area contributed by atoms with E-state index in [1.165, 1.54) is 6.07 Å². The predicted octanol–water partition coefficient (Wildman–Crippen LogP) is 1.84. The van der Waals surface area contributed by atoms with E-state index in [1.54, 1.807) is 9.80 Å². The molecule has 3 heterocycles. The number of aliphatic hydroxyl groups is 1. The molecule has 0 atom stereocenters. The molecule has 0 saturated carbocycles. The van der Waals surface area contributed by atoms with Crippen LogP contribution in [0.5, 0.6) is 0 Å². The van der Waals surface area contributed by atoms with Gasteiger partial charge in [-0.15, -0.1) is 0 Å². The Kier molecular flexibility index (Phi) is 6.21. The van der Waals surface area contributed by atoms with Gasteiger partial charge in [-0.2, -0.15) is 13.2 Å². The average molecular weight is 386 g/mol. The van der Waals surface area contributed by atoms with Crippen molar-refractivity contribution in [3.63, 3.8) is 0 Å². The van der Waals surface area contributed by atoms with Crippen molar-refractivity contribution >= 4 is 11.7 Å². The number of nitrogens with zero attached hydrogens (tertiary/aromatic N) is 4. The molecule has 1 amide bonds. The second-order valence-corrected chi connectivity index (χ2v) is 6.97. The minimum atomic E-state index is -4.56. The van der Waals surface area contributed by atoms with Crippen molar-refractivity contribution in [3.8, 4) is 0 Å². The molecule has 1 aromatic heterocycles. The summed E-state index contributed by atoms with van der Waals surface area (Å²) in [6, 6.07) is 2.16. The highest BCUT2D eigenvalue weighted by Gasteiger charge is 2.35. The summed E-state index contributed by atoms with van der Waals surface area (Å²) in [6.07, 6.45) is -1.67. The number of carbonyl (C=O) groups excluding carboxylic acids is 1. The average Bonchev–Trinajstić information content (AvgIpc) is 2.68. The third kappa shape index (κ3) is 4.70. The SMILES string of the molecule is O=C(c1ccc(C(F)(F)F)nc1N1CCN(CCO)CC1)N1CCCCC1. The van der Waals surface area contributed by atoms with Crippen LogP contribution < -0.4 is 4.90 Å². The van der Waals surface area contributed by atoms with Gasteiger partial charge in [-0.25, -0.2) is 4.98 Å². The molecule has 1 N–H and O–H groups in total. The molecule has 2 aliphatic heterocycles. The number of piperazine rings is 1. The van der Waals surface area contributed by atoms with Gasteiger partial charge >= 0.3 is 6.18 Å². The van der Waals surface area contributed by atoms with Crippen molar-refractivity contribution in [1.82, 2.24) is 14.8 Å². The lowest BCUT2D eigenvalue weighted by Gasteiger charge is -2.36. The minimum absolute atomic E-state index is 0.0422. The molecule has 9 heteroatoms. The number of aromatic nitrogens is 1. The Labute approximate surface area is 156 Å². The van der Waals surface area contributed by atoms with Gasteiger partial charge in [0.1, 0.15) is 11.5 Å². The van der Waals surface area contributed by atoms with E-state index >= 15 is 0 Å². The first-order chi connectivity index (χ1) is 12.9. The topological polar surface area (TPSA) is 59.9 Å². The van der Waals surface area contributed by atoms with Crippen LogP contribution in [0.15, 0.2) is 12.1 Å². The van der Waals surface area contributed by atoms with E-state index in [0.717, 1.165) is 25.3 Å². The number of anilines is 1. The maximum Gasteiger partial charge on any atom is 0.433 e. The first-order valence-electron chi connectivity index (χ1n) is 9.36. The number of pyridine rings is 1. The van der Waals surface area contributed by atoms with E-state index in [0.29, 0.717) is 45.8 Å². The molecule has 1 aromatic rings. The van der Waals surface area contributed by atoms with Crippen LogP contribution >= 0.6 is 0 Å². The van der Waals surface area contributed by atoms with E-state index in [4.69, 9.17) is 5.11 Å². The molecular weight excluding hydrogens is 361 g/mol. The van der Waals surface area contributed by atoms with Gasteiger partial charge in [0.2, 0.25) is 0 Å². The van der Waals surface area contributed by atoms with Crippen LogP contribution in [0.3, 0.4) is 0 Å². The summed E-state index contributed by atoms with van der Waals surface area (Å²) in [7, 11) is 0. The summed E-state index contributed by atoms with van der Waals surface area (Å²) < 4.78 is 39.5. The quantitative estimate of drug-likeness (QED) is 0.856.